The molecule has 0 amide bonds. The van der Waals surface area contributed by atoms with Crippen LogP contribution in [0.5, 0.6) is 0 Å². The zero-order chi connectivity index (χ0) is 17.3. The number of aromatic nitrogens is 1. The molecule has 3 aliphatic rings. The third-order valence-electron chi connectivity index (χ3n) is 6.10. The molecule has 0 bridgehead atoms. The van der Waals surface area contributed by atoms with E-state index >= 15 is 0 Å². The first kappa shape index (κ1) is 17.1. The number of pyridine rings is 1. The highest BCUT2D eigenvalue weighted by atomic mass is 35.5. The van der Waals surface area contributed by atoms with Crippen molar-refractivity contribution in [2.45, 2.75) is 44.6 Å². The number of nitrogens with zero attached hydrogens (tertiary/aromatic N) is 3. The highest BCUT2D eigenvalue weighted by Gasteiger charge is 2.50. The van der Waals surface area contributed by atoms with Crippen LogP contribution in [0.1, 0.15) is 38.5 Å². The molecule has 3 fully saturated rings. The maximum atomic E-state index is 12.2. The number of rotatable bonds is 4. The van der Waals surface area contributed by atoms with Crippen molar-refractivity contribution in [3.05, 3.63) is 23.5 Å². The minimum Gasteiger partial charge on any atom is -0.462 e. The van der Waals surface area contributed by atoms with Gasteiger partial charge in [-0.2, -0.15) is 0 Å². The second kappa shape index (κ2) is 7.12. The predicted octanol–water partition coefficient (Wildman–Crippen LogP) is 3.12. The summed E-state index contributed by atoms with van der Waals surface area (Å²) < 4.78 is 5.70. The van der Waals surface area contributed by atoms with E-state index in [0.29, 0.717) is 5.15 Å². The molecule has 1 aromatic heterocycles. The van der Waals surface area contributed by atoms with Crippen molar-refractivity contribution in [2.75, 3.05) is 37.6 Å². The zero-order valence-corrected chi connectivity index (χ0v) is 15.4. The summed E-state index contributed by atoms with van der Waals surface area (Å²) in [5.41, 5.74) is 1.02. The lowest BCUT2D eigenvalue weighted by molar-refractivity contribution is -0.148. The number of halogens is 1. The number of anilines is 1. The van der Waals surface area contributed by atoms with Crippen LogP contribution < -0.4 is 4.90 Å². The molecule has 1 aliphatic carbocycles. The lowest BCUT2D eigenvalue weighted by Crippen LogP contribution is -2.47. The molecule has 1 saturated carbocycles. The van der Waals surface area contributed by atoms with Gasteiger partial charge in [0.05, 0.1) is 5.41 Å². The fourth-order valence-corrected chi connectivity index (χ4v) is 4.77. The van der Waals surface area contributed by atoms with Crippen molar-refractivity contribution in [2.24, 2.45) is 5.41 Å². The van der Waals surface area contributed by atoms with Crippen LogP contribution in [0.2, 0.25) is 5.15 Å². The van der Waals surface area contributed by atoms with Crippen LogP contribution in [0.25, 0.3) is 0 Å². The molecule has 0 radical (unpaired) electrons. The van der Waals surface area contributed by atoms with Crippen LogP contribution in [-0.2, 0) is 9.53 Å². The Balaban J connectivity index is 1.24. The third-order valence-corrected chi connectivity index (χ3v) is 6.31. The van der Waals surface area contributed by atoms with Crippen LogP contribution in [0.15, 0.2) is 18.3 Å². The first-order chi connectivity index (χ1) is 12.1. The van der Waals surface area contributed by atoms with Gasteiger partial charge in [0.15, 0.2) is 0 Å². The third kappa shape index (κ3) is 3.63. The van der Waals surface area contributed by atoms with E-state index in [9.17, 15) is 4.79 Å². The first-order valence-electron chi connectivity index (χ1n) is 9.45. The summed E-state index contributed by atoms with van der Waals surface area (Å²) in [6.07, 6.45) is 8.24. The fraction of sp³-hybridized carbons (Fsp3) is 0.684. The minimum atomic E-state index is -0.121. The minimum absolute atomic E-state index is 0.0781. The van der Waals surface area contributed by atoms with Gasteiger partial charge in [-0.05, 0) is 31.4 Å². The largest absolute Gasteiger partial charge is 0.462 e. The van der Waals surface area contributed by atoms with Crippen molar-refractivity contribution in [1.82, 2.24) is 9.88 Å². The maximum Gasteiger partial charge on any atom is 0.312 e. The van der Waals surface area contributed by atoms with Crippen LogP contribution in [0.4, 0.5) is 5.69 Å². The molecule has 4 rings (SSSR count). The second-order valence-corrected chi connectivity index (χ2v) is 8.06. The number of hydrogen-bond donors (Lipinski definition) is 0. The highest BCUT2D eigenvalue weighted by molar-refractivity contribution is 6.29. The zero-order valence-electron chi connectivity index (χ0n) is 14.6. The summed E-state index contributed by atoms with van der Waals surface area (Å²) in [6.45, 7) is 5.07. The van der Waals surface area contributed by atoms with Crippen LogP contribution in [0, 0.1) is 5.41 Å². The van der Waals surface area contributed by atoms with E-state index in [4.69, 9.17) is 16.3 Å². The molecule has 0 aromatic carbocycles. The summed E-state index contributed by atoms with van der Waals surface area (Å²) in [7, 11) is 0. The van der Waals surface area contributed by atoms with Gasteiger partial charge in [-0.15, -0.1) is 0 Å². The Morgan fingerprint density at radius 3 is 2.72 bits per heavy atom. The number of hydrogen-bond acceptors (Lipinski definition) is 5. The molecule has 3 heterocycles. The Kier molecular flexibility index (Phi) is 4.87. The van der Waals surface area contributed by atoms with Gasteiger partial charge in [0.2, 0.25) is 0 Å². The molecule has 6 heteroatoms. The molecule has 2 saturated heterocycles. The Morgan fingerprint density at radius 1 is 1.24 bits per heavy atom. The van der Waals surface area contributed by atoms with E-state index in [1.807, 2.05) is 12.1 Å². The van der Waals surface area contributed by atoms with Crippen LogP contribution >= 0.6 is 11.6 Å². The smallest absolute Gasteiger partial charge is 0.312 e. The standard InChI is InChI=1S/C19H26ClN3O2/c20-17-13-15(3-7-21-17)23-11-9-22(10-12-23)8-4-16-14-19(18(24)25-16)5-1-2-6-19/h3,7,13,16H,1-2,4-6,8-12,14H2/t16-/m1/s1. The normalized spacial score (nSPS) is 26.4. The summed E-state index contributed by atoms with van der Waals surface area (Å²) in [5, 5.41) is 0.545. The van der Waals surface area contributed by atoms with Gasteiger partial charge in [-0.1, -0.05) is 24.4 Å². The van der Waals surface area contributed by atoms with Crippen LogP contribution in [0.3, 0.4) is 0 Å². The number of esters is 1. The van der Waals surface area contributed by atoms with Gasteiger partial charge < -0.3 is 9.64 Å². The lowest BCUT2D eigenvalue weighted by atomic mass is 9.83. The maximum absolute atomic E-state index is 12.2. The Bertz CT molecular complexity index is 625. The van der Waals surface area contributed by atoms with Gasteiger partial charge in [-0.25, -0.2) is 4.98 Å². The van der Waals surface area contributed by atoms with Gasteiger partial charge >= 0.3 is 5.97 Å². The van der Waals surface area contributed by atoms with Gasteiger partial charge in [0.1, 0.15) is 11.3 Å². The Hall–Kier alpha value is -1.33. The number of cyclic esters (lactones) is 1. The molecule has 5 nitrogen and oxygen atoms in total. The Labute approximate surface area is 154 Å². The number of ether oxygens (including phenoxy) is 1. The van der Waals surface area contributed by atoms with Gasteiger partial charge in [-0.3, -0.25) is 9.69 Å². The van der Waals surface area contributed by atoms with E-state index in [-0.39, 0.29) is 17.5 Å². The Morgan fingerprint density at radius 2 is 2.00 bits per heavy atom. The molecule has 1 atom stereocenters. The SMILES string of the molecule is O=C1O[C@H](CCN2CCN(c3ccnc(Cl)c3)CC2)CC12CCCC2. The van der Waals surface area contributed by atoms with Crippen molar-refractivity contribution >= 4 is 23.3 Å². The monoisotopic (exact) mass is 363 g/mol. The molecule has 2 aliphatic heterocycles. The molecule has 1 aromatic rings. The summed E-state index contributed by atoms with van der Waals surface area (Å²) in [4.78, 5) is 21.1. The average molecular weight is 364 g/mol. The van der Waals surface area contributed by atoms with E-state index in [2.05, 4.69) is 14.8 Å². The molecule has 0 N–H and O–H groups in total. The number of carbonyl (C=O) groups excluding carboxylic acids is 1. The molecule has 136 valence electrons. The van der Waals surface area contributed by atoms with E-state index in [1.54, 1.807) is 6.20 Å². The second-order valence-electron chi connectivity index (χ2n) is 7.67. The highest BCUT2D eigenvalue weighted by Crippen LogP contribution is 2.48. The van der Waals surface area contributed by atoms with Crippen molar-refractivity contribution in [3.63, 3.8) is 0 Å². The fourth-order valence-electron chi connectivity index (χ4n) is 4.60. The summed E-state index contributed by atoms with van der Waals surface area (Å²) >= 11 is 5.99. The van der Waals surface area contributed by atoms with E-state index in [0.717, 1.165) is 64.1 Å². The van der Waals surface area contributed by atoms with Crippen LogP contribution in [-0.4, -0.2) is 54.7 Å². The van der Waals surface area contributed by atoms with Gasteiger partial charge in [0.25, 0.3) is 0 Å². The topological polar surface area (TPSA) is 45.7 Å². The quantitative estimate of drug-likeness (QED) is 0.607. The molecular formula is C19H26ClN3O2. The van der Waals surface area contributed by atoms with Gasteiger partial charge in [0, 0.05) is 51.0 Å². The van der Waals surface area contributed by atoms with E-state index < -0.39 is 0 Å². The summed E-state index contributed by atoms with van der Waals surface area (Å²) in [6, 6.07) is 3.94. The van der Waals surface area contributed by atoms with Crippen molar-refractivity contribution < 1.29 is 9.53 Å². The van der Waals surface area contributed by atoms with Crippen molar-refractivity contribution in [3.8, 4) is 0 Å². The predicted molar refractivity (Wildman–Crippen MR) is 97.9 cm³/mol. The van der Waals surface area contributed by atoms with Crippen molar-refractivity contribution in [1.29, 1.82) is 0 Å². The molecular weight excluding hydrogens is 338 g/mol. The molecule has 0 unspecified atom stereocenters. The first-order valence-corrected chi connectivity index (χ1v) is 9.82. The molecule has 25 heavy (non-hydrogen) atoms. The number of piperazine rings is 1. The van der Waals surface area contributed by atoms with E-state index in [1.165, 1.54) is 12.8 Å². The molecule has 1 spiro atoms. The lowest BCUT2D eigenvalue weighted by Gasteiger charge is -2.36. The average Bonchev–Trinajstić information content (AvgIpc) is 3.21. The number of carbonyl (C=O) groups is 1. The summed E-state index contributed by atoms with van der Waals surface area (Å²) in [5.74, 6) is 0.0781.